The van der Waals surface area contributed by atoms with Gasteiger partial charge >= 0.3 is 0 Å². The quantitative estimate of drug-likeness (QED) is 0.331. The second-order valence-corrected chi connectivity index (χ2v) is 8.36. The Morgan fingerprint density at radius 3 is 1.90 bits per heavy atom. The van der Waals surface area contributed by atoms with Crippen LogP contribution in [0.5, 0.6) is 0 Å². The van der Waals surface area contributed by atoms with E-state index in [1.165, 1.54) is 22.3 Å². The van der Waals surface area contributed by atoms with Crippen molar-refractivity contribution in [3.05, 3.63) is 93.0 Å². The summed E-state index contributed by atoms with van der Waals surface area (Å²) in [5, 5.41) is 6.10. The van der Waals surface area contributed by atoms with Crippen LogP contribution in [-0.4, -0.2) is 9.78 Å². The first-order valence-electron chi connectivity index (χ1n) is 9.54. The minimum absolute atomic E-state index is 0.567. The van der Waals surface area contributed by atoms with E-state index < -0.39 is 0 Å². The Kier molecular flexibility index (Phi) is 5.24. The van der Waals surface area contributed by atoms with Crippen molar-refractivity contribution in [2.45, 2.75) is 27.7 Å². The van der Waals surface area contributed by atoms with Crippen LogP contribution in [0.1, 0.15) is 22.3 Å². The molecule has 0 aliphatic rings. The van der Waals surface area contributed by atoms with E-state index in [9.17, 15) is 0 Å². The number of hydrogen-bond donors (Lipinski definition) is 0. The number of benzene rings is 3. The van der Waals surface area contributed by atoms with Gasteiger partial charge in [-0.2, -0.15) is 5.10 Å². The van der Waals surface area contributed by atoms with E-state index in [0.29, 0.717) is 10.0 Å². The summed E-state index contributed by atoms with van der Waals surface area (Å²) in [6.45, 7) is 8.48. The zero-order chi connectivity index (χ0) is 20.7. The fourth-order valence-corrected chi connectivity index (χ4v) is 3.85. The van der Waals surface area contributed by atoms with Gasteiger partial charge in [-0.1, -0.05) is 47.5 Å². The largest absolute Gasteiger partial charge is 0.231 e. The van der Waals surface area contributed by atoms with E-state index in [-0.39, 0.29) is 0 Å². The van der Waals surface area contributed by atoms with Crippen molar-refractivity contribution in [1.29, 1.82) is 0 Å². The molecule has 0 saturated carbocycles. The molecule has 0 fully saturated rings. The summed E-state index contributed by atoms with van der Waals surface area (Å²) in [7, 11) is 0. The lowest BCUT2D eigenvalue weighted by molar-refractivity contribution is 0.892. The van der Waals surface area contributed by atoms with Crippen molar-refractivity contribution in [1.82, 2.24) is 9.78 Å². The maximum absolute atomic E-state index is 6.54. The number of halogens is 2. The molecule has 4 rings (SSSR count). The molecule has 0 atom stereocenters. The van der Waals surface area contributed by atoms with Crippen LogP contribution in [0.2, 0.25) is 10.0 Å². The maximum Gasteiger partial charge on any atom is 0.0934 e. The number of hydrogen-bond acceptors (Lipinski definition) is 1. The summed E-state index contributed by atoms with van der Waals surface area (Å²) in [5.74, 6) is 0. The molecule has 4 heteroatoms. The van der Waals surface area contributed by atoms with Crippen molar-refractivity contribution >= 4 is 23.2 Å². The fraction of sp³-hybridized carbons (Fsp3) is 0.160. The fourth-order valence-electron chi connectivity index (χ4n) is 3.37. The lowest BCUT2D eigenvalue weighted by atomic mass is 10.0. The Balaban J connectivity index is 1.95. The van der Waals surface area contributed by atoms with Crippen LogP contribution >= 0.6 is 23.2 Å². The van der Waals surface area contributed by atoms with Gasteiger partial charge in [-0.25, -0.2) is 4.68 Å². The van der Waals surface area contributed by atoms with Gasteiger partial charge in [-0.05, 0) is 86.3 Å². The number of nitrogens with zero attached hydrogens (tertiary/aromatic N) is 2. The molecule has 1 aromatic heterocycles. The van der Waals surface area contributed by atoms with Crippen molar-refractivity contribution < 1.29 is 0 Å². The van der Waals surface area contributed by atoms with E-state index in [0.717, 1.165) is 28.2 Å². The predicted molar refractivity (Wildman–Crippen MR) is 123 cm³/mol. The normalized spacial score (nSPS) is 11.1. The van der Waals surface area contributed by atoms with E-state index >= 15 is 0 Å². The third-order valence-electron chi connectivity index (χ3n) is 5.45. The van der Waals surface area contributed by atoms with Gasteiger partial charge < -0.3 is 0 Å². The molecule has 4 aromatic rings. The second-order valence-electron chi connectivity index (χ2n) is 7.52. The maximum atomic E-state index is 6.54. The topological polar surface area (TPSA) is 17.8 Å². The summed E-state index contributed by atoms with van der Waals surface area (Å²) in [6, 6.07) is 20.5. The zero-order valence-electron chi connectivity index (χ0n) is 16.9. The molecule has 0 amide bonds. The average molecular weight is 421 g/mol. The standard InChI is InChI=1S/C25H22Cl2N2/c1-15-5-7-19(11-17(15)3)23-14-25(20-8-6-16(2)18(4)12-20)29(28-23)24-10-9-21(26)13-22(24)27/h5-14H,1-4H3. The number of aryl methyl sites for hydroxylation is 4. The van der Waals surface area contributed by atoms with Gasteiger partial charge in [0, 0.05) is 16.1 Å². The third-order valence-corrected chi connectivity index (χ3v) is 5.99. The molecule has 3 aromatic carbocycles. The van der Waals surface area contributed by atoms with E-state index in [4.69, 9.17) is 28.3 Å². The zero-order valence-corrected chi connectivity index (χ0v) is 18.4. The van der Waals surface area contributed by atoms with Crippen LogP contribution in [-0.2, 0) is 0 Å². The van der Waals surface area contributed by atoms with E-state index in [1.807, 2.05) is 16.8 Å². The van der Waals surface area contributed by atoms with E-state index in [1.54, 1.807) is 6.07 Å². The van der Waals surface area contributed by atoms with Crippen LogP contribution in [0.4, 0.5) is 0 Å². The molecule has 0 saturated heterocycles. The molecule has 0 radical (unpaired) electrons. The number of rotatable bonds is 3. The molecule has 0 aliphatic heterocycles. The van der Waals surface area contributed by atoms with Crippen molar-refractivity contribution in [2.24, 2.45) is 0 Å². The van der Waals surface area contributed by atoms with Gasteiger partial charge in [-0.3, -0.25) is 0 Å². The molecule has 0 unspecified atom stereocenters. The average Bonchev–Trinajstić information content (AvgIpc) is 3.11. The van der Waals surface area contributed by atoms with Gasteiger partial charge in [0.1, 0.15) is 0 Å². The van der Waals surface area contributed by atoms with Crippen LogP contribution in [0.15, 0.2) is 60.7 Å². The minimum Gasteiger partial charge on any atom is -0.231 e. The van der Waals surface area contributed by atoms with Crippen LogP contribution in [0, 0.1) is 27.7 Å². The smallest absolute Gasteiger partial charge is 0.0934 e. The van der Waals surface area contributed by atoms with Crippen molar-refractivity contribution in [2.75, 3.05) is 0 Å². The van der Waals surface area contributed by atoms with Crippen molar-refractivity contribution in [3.63, 3.8) is 0 Å². The third kappa shape index (κ3) is 3.83. The highest BCUT2D eigenvalue weighted by atomic mass is 35.5. The summed E-state index contributed by atoms with van der Waals surface area (Å²) in [5.41, 5.74) is 9.91. The summed E-state index contributed by atoms with van der Waals surface area (Å²) in [6.07, 6.45) is 0. The Bertz CT molecular complexity index is 1220. The van der Waals surface area contributed by atoms with Crippen LogP contribution < -0.4 is 0 Å². The summed E-state index contributed by atoms with van der Waals surface area (Å²) >= 11 is 12.7. The first-order valence-corrected chi connectivity index (χ1v) is 10.3. The Labute approximate surface area is 181 Å². The second kappa shape index (κ2) is 7.70. The van der Waals surface area contributed by atoms with Gasteiger partial charge in [0.05, 0.1) is 22.1 Å². The Morgan fingerprint density at radius 2 is 1.28 bits per heavy atom. The van der Waals surface area contributed by atoms with Crippen LogP contribution in [0.3, 0.4) is 0 Å². The molecule has 0 aliphatic carbocycles. The first kappa shape index (κ1) is 19.8. The highest BCUT2D eigenvalue weighted by molar-refractivity contribution is 6.35. The first-order chi connectivity index (χ1) is 13.8. The summed E-state index contributed by atoms with van der Waals surface area (Å²) < 4.78 is 1.91. The number of aromatic nitrogens is 2. The molecule has 0 bridgehead atoms. The molecule has 2 nitrogen and oxygen atoms in total. The lowest BCUT2D eigenvalue weighted by Crippen LogP contribution is -2.00. The molecule has 146 valence electrons. The molecule has 0 spiro atoms. The molecular formula is C25H22Cl2N2. The highest BCUT2D eigenvalue weighted by Gasteiger charge is 2.16. The minimum atomic E-state index is 0.567. The van der Waals surface area contributed by atoms with Crippen molar-refractivity contribution in [3.8, 4) is 28.2 Å². The van der Waals surface area contributed by atoms with Crippen LogP contribution in [0.25, 0.3) is 28.2 Å². The van der Waals surface area contributed by atoms with Gasteiger partial charge in [0.2, 0.25) is 0 Å². The molecule has 1 heterocycles. The monoisotopic (exact) mass is 420 g/mol. The SMILES string of the molecule is Cc1ccc(-c2cc(-c3ccc(C)c(C)c3)n(-c3ccc(Cl)cc3Cl)n2)cc1C. The highest BCUT2D eigenvalue weighted by Crippen LogP contribution is 2.33. The van der Waals surface area contributed by atoms with Gasteiger partial charge in [-0.15, -0.1) is 0 Å². The molecule has 29 heavy (non-hydrogen) atoms. The summed E-state index contributed by atoms with van der Waals surface area (Å²) in [4.78, 5) is 0. The molecule has 0 N–H and O–H groups in total. The Morgan fingerprint density at radius 1 is 0.655 bits per heavy atom. The van der Waals surface area contributed by atoms with E-state index in [2.05, 4.69) is 70.2 Å². The van der Waals surface area contributed by atoms with Gasteiger partial charge in [0.15, 0.2) is 0 Å². The Hall–Kier alpha value is -2.55. The predicted octanol–water partition coefficient (Wildman–Crippen LogP) is 7.75. The van der Waals surface area contributed by atoms with Gasteiger partial charge in [0.25, 0.3) is 0 Å². The lowest BCUT2D eigenvalue weighted by Gasteiger charge is -2.11. The molecular weight excluding hydrogens is 399 g/mol.